The van der Waals surface area contributed by atoms with Crippen molar-refractivity contribution in [1.82, 2.24) is 21.3 Å². The molecule has 14 unspecified atom stereocenters. The van der Waals surface area contributed by atoms with Crippen LogP contribution in [0.5, 0.6) is 0 Å². The van der Waals surface area contributed by atoms with Gasteiger partial charge in [-0.05, 0) is 32.1 Å². The molecule has 5 aliphatic heterocycles. The van der Waals surface area contributed by atoms with E-state index in [2.05, 4.69) is 21.3 Å². The van der Waals surface area contributed by atoms with Crippen molar-refractivity contribution in [2.24, 2.45) is 17.8 Å². The highest BCUT2D eigenvalue weighted by Gasteiger charge is 2.58. The highest BCUT2D eigenvalue weighted by molar-refractivity contribution is 5.69. The summed E-state index contributed by atoms with van der Waals surface area (Å²) in [4.78, 5) is 38.5. The van der Waals surface area contributed by atoms with Crippen LogP contribution in [0.3, 0.4) is 0 Å². The summed E-state index contributed by atoms with van der Waals surface area (Å²) in [5, 5.41) is 11.3. The first-order chi connectivity index (χ1) is 29.4. The smallest absolute Gasteiger partial charge is 0.200 e. The summed E-state index contributed by atoms with van der Waals surface area (Å²) in [5.41, 5.74) is -4.43. The molecule has 5 fully saturated rings. The Morgan fingerprint density at radius 2 is 0.629 bits per heavy atom. The molecule has 334 valence electrons. The van der Waals surface area contributed by atoms with Gasteiger partial charge in [0.1, 0.15) is 18.9 Å². The highest BCUT2D eigenvalue weighted by Crippen LogP contribution is 2.49. The van der Waals surface area contributed by atoms with Gasteiger partial charge in [0.25, 0.3) is 0 Å². The molecule has 14 atom stereocenters. The Labute approximate surface area is 340 Å². The Bertz CT molecular complexity index is 2290. The van der Waals surface area contributed by atoms with Crippen LogP contribution in [0.2, 0.25) is 0 Å². The molecule has 3 aromatic rings. The highest BCUT2D eigenvalue weighted by atomic mass is 19.2. The Hall–Kier alpha value is -4.54. The minimum atomic E-state index is -2.57. The maximum atomic E-state index is 15.9. The van der Waals surface area contributed by atoms with Crippen LogP contribution < -0.4 is 21.3 Å². The Kier molecular flexibility index (Phi) is 11.5. The fraction of sp³-hybridized carbons (Fsp3) is 0.475. The van der Waals surface area contributed by atoms with E-state index in [1.54, 1.807) is 0 Å². The molecule has 7 nitrogen and oxygen atoms in total. The Morgan fingerprint density at radius 1 is 0.323 bits per heavy atom. The molecule has 8 rings (SSSR count). The number of nitrogens with one attached hydrogen (secondary N) is 4. The van der Waals surface area contributed by atoms with Gasteiger partial charge in [-0.1, -0.05) is 0 Å². The second-order valence-corrected chi connectivity index (χ2v) is 16.4. The Balaban J connectivity index is 1.38. The number of hydrogen-bond donors (Lipinski definition) is 4. The van der Waals surface area contributed by atoms with Gasteiger partial charge in [0.15, 0.2) is 69.8 Å². The normalized spacial score (nSPS) is 34.3. The van der Waals surface area contributed by atoms with E-state index in [4.69, 9.17) is 0 Å². The van der Waals surface area contributed by atoms with Gasteiger partial charge >= 0.3 is 0 Å². The van der Waals surface area contributed by atoms with E-state index in [1.165, 1.54) is 0 Å². The van der Waals surface area contributed by atoms with Crippen LogP contribution in [0.15, 0.2) is 0 Å². The molecular formula is C40H31F15N4O3. The molecular weight excluding hydrogens is 869 g/mol. The van der Waals surface area contributed by atoms with E-state index in [9.17, 15) is 53.9 Å². The summed E-state index contributed by atoms with van der Waals surface area (Å²) >= 11 is 0. The summed E-state index contributed by atoms with van der Waals surface area (Å²) in [6.45, 7) is 0. The second kappa shape index (κ2) is 16.2. The summed E-state index contributed by atoms with van der Waals surface area (Å²) in [5.74, 6) is -46.9. The zero-order valence-corrected chi connectivity index (χ0v) is 31.2. The number of rotatable bonds is 6. The number of carbonyl (C=O) groups excluding carboxylic acids is 3. The third kappa shape index (κ3) is 6.47. The molecule has 8 bridgehead atoms. The number of halogens is 15. The number of carbonyl (C=O) groups is 3. The summed E-state index contributed by atoms with van der Waals surface area (Å²) < 4.78 is 228. The molecule has 22 heteroatoms. The molecule has 0 spiro atoms. The third-order valence-electron chi connectivity index (χ3n) is 13.6. The van der Waals surface area contributed by atoms with Crippen LogP contribution in [0.25, 0.3) is 0 Å². The van der Waals surface area contributed by atoms with E-state index in [1.807, 2.05) is 0 Å². The fourth-order valence-electron chi connectivity index (χ4n) is 11.1. The summed E-state index contributed by atoms with van der Waals surface area (Å²) in [6, 6.07) is -12.3. The van der Waals surface area contributed by atoms with Crippen LogP contribution in [-0.2, 0) is 14.4 Å². The maximum Gasteiger partial charge on any atom is 0.200 e. The van der Waals surface area contributed by atoms with Crippen LogP contribution in [-0.4, -0.2) is 67.2 Å². The van der Waals surface area contributed by atoms with E-state index in [0.717, 1.165) is 0 Å². The van der Waals surface area contributed by atoms with Crippen molar-refractivity contribution in [3.8, 4) is 0 Å². The number of aldehydes is 3. The molecule has 0 aliphatic carbocycles. The zero-order chi connectivity index (χ0) is 45.0. The number of fused-ring (bicyclic) bond motifs is 9. The van der Waals surface area contributed by atoms with Crippen molar-refractivity contribution in [1.29, 1.82) is 0 Å². The molecule has 0 radical (unpaired) electrons. The molecule has 3 aromatic carbocycles. The molecule has 62 heavy (non-hydrogen) atoms. The van der Waals surface area contributed by atoms with E-state index in [-0.39, 0.29) is 31.7 Å². The lowest BCUT2D eigenvalue weighted by molar-refractivity contribution is -0.119. The summed E-state index contributed by atoms with van der Waals surface area (Å²) in [7, 11) is 0. The van der Waals surface area contributed by atoms with E-state index >= 15 is 26.3 Å². The van der Waals surface area contributed by atoms with Gasteiger partial charge in [-0.15, -0.1) is 0 Å². The lowest BCUT2D eigenvalue weighted by atomic mass is 9.76. The van der Waals surface area contributed by atoms with Gasteiger partial charge < -0.3 is 35.7 Å². The van der Waals surface area contributed by atoms with Gasteiger partial charge in [0.2, 0.25) is 17.5 Å². The van der Waals surface area contributed by atoms with Crippen molar-refractivity contribution in [3.63, 3.8) is 0 Å². The lowest BCUT2D eigenvalue weighted by Crippen LogP contribution is -2.52. The predicted molar refractivity (Wildman–Crippen MR) is 182 cm³/mol. The van der Waals surface area contributed by atoms with Crippen molar-refractivity contribution >= 4 is 18.9 Å². The van der Waals surface area contributed by atoms with E-state index < -0.39 is 207 Å². The van der Waals surface area contributed by atoms with Crippen molar-refractivity contribution in [2.75, 3.05) is 0 Å². The third-order valence-corrected chi connectivity index (χ3v) is 13.6. The molecule has 5 aliphatic rings. The fourth-order valence-corrected chi connectivity index (χ4v) is 11.1. The largest absolute Gasteiger partial charge is 0.310 e. The zero-order valence-electron chi connectivity index (χ0n) is 31.2. The number of benzene rings is 3. The minimum absolute atomic E-state index is 0.147. The molecule has 0 amide bonds. The van der Waals surface area contributed by atoms with Gasteiger partial charge in [-0.2, -0.15) is 0 Å². The van der Waals surface area contributed by atoms with Gasteiger partial charge in [0, 0.05) is 101 Å². The average molecular weight is 901 g/mol. The molecule has 0 saturated carbocycles. The van der Waals surface area contributed by atoms with Gasteiger partial charge in [-0.3, -0.25) is 0 Å². The molecule has 5 heterocycles. The molecule has 5 saturated heterocycles. The van der Waals surface area contributed by atoms with Crippen LogP contribution in [0.1, 0.15) is 66.5 Å². The predicted octanol–water partition coefficient (Wildman–Crippen LogP) is 6.20. The summed E-state index contributed by atoms with van der Waals surface area (Å²) in [6.07, 6.45) is -1.40. The first-order valence-corrected chi connectivity index (χ1v) is 19.3. The SMILES string of the molecule is O=CC1CC2NC1C(c1c(F)c(F)c(F)c(F)c1F)C1CCC(N1)C(c1c(F)c(F)c(F)c(F)c1F)C1CCC(N1)C(c1c(F)c(F)c(F)c(F)c1F)C1NC2C(C=O)C1C=O. The molecule has 4 N–H and O–H groups in total. The number of hydrogen-bond acceptors (Lipinski definition) is 7. The second-order valence-electron chi connectivity index (χ2n) is 16.4. The standard InChI is InChI=1S/C40H31F15N4O3/c41-23-20(24(42)30(48)35(53)29(23)47)17-12-1-3-14(56-12)18(21-25(43)31(49)36(54)32(50)26(21)44)38-9(6-60)5-16(58-38)39-10(7-61)11(8-62)40(59-39)19(15-4-2-13(17)57-15)22-27(45)33(51)37(55)34(52)28(22)46/h6-19,38-40,56-59H,1-5H2. The molecule has 0 aromatic heterocycles. The maximum absolute atomic E-state index is 15.9. The van der Waals surface area contributed by atoms with E-state index in [0.29, 0.717) is 0 Å². The Morgan fingerprint density at radius 3 is 0.984 bits per heavy atom. The van der Waals surface area contributed by atoms with Crippen LogP contribution >= 0.6 is 0 Å². The monoisotopic (exact) mass is 900 g/mol. The quantitative estimate of drug-likeness (QED) is 0.101. The first kappa shape index (κ1) is 44.1. The van der Waals surface area contributed by atoms with Crippen LogP contribution in [0, 0.1) is 105 Å². The first-order valence-electron chi connectivity index (χ1n) is 19.3. The lowest BCUT2D eigenvalue weighted by Gasteiger charge is -2.36. The average Bonchev–Trinajstić information content (AvgIpc) is 4.09. The van der Waals surface area contributed by atoms with Crippen molar-refractivity contribution in [3.05, 3.63) is 104 Å². The van der Waals surface area contributed by atoms with Gasteiger partial charge in [0.05, 0.1) is 0 Å². The topological polar surface area (TPSA) is 99.3 Å². The minimum Gasteiger partial charge on any atom is -0.310 e. The van der Waals surface area contributed by atoms with Crippen LogP contribution in [0.4, 0.5) is 65.9 Å². The van der Waals surface area contributed by atoms with Crippen molar-refractivity contribution in [2.45, 2.75) is 98.2 Å². The van der Waals surface area contributed by atoms with Gasteiger partial charge in [-0.25, -0.2) is 65.9 Å². The van der Waals surface area contributed by atoms with Crippen molar-refractivity contribution < 1.29 is 80.2 Å².